The lowest BCUT2D eigenvalue weighted by Crippen LogP contribution is -2.03. The van der Waals surface area contributed by atoms with Crippen LogP contribution in [0.25, 0.3) is 10.2 Å². The predicted molar refractivity (Wildman–Crippen MR) is 106 cm³/mol. The van der Waals surface area contributed by atoms with Crippen LogP contribution in [-0.2, 0) is 0 Å². The van der Waals surface area contributed by atoms with Crippen molar-refractivity contribution in [3.05, 3.63) is 76.0 Å². The molecule has 27 heavy (non-hydrogen) atoms. The van der Waals surface area contributed by atoms with E-state index in [0.717, 1.165) is 22.0 Å². The van der Waals surface area contributed by atoms with Gasteiger partial charge in [-0.25, -0.2) is 4.79 Å². The quantitative estimate of drug-likeness (QED) is 0.487. The van der Waals surface area contributed by atoms with Crippen LogP contribution in [0.3, 0.4) is 0 Å². The van der Waals surface area contributed by atoms with Crippen molar-refractivity contribution in [3.8, 4) is 11.5 Å². The number of ether oxygens (including phenoxy) is 1. The largest absolute Gasteiger partial charge is 0.457 e. The predicted octanol–water partition coefficient (Wildman–Crippen LogP) is 5.66. The van der Waals surface area contributed by atoms with Crippen LogP contribution >= 0.6 is 11.3 Å². The average molecular weight is 376 g/mol. The minimum Gasteiger partial charge on any atom is -0.457 e. The number of aromatic nitrogens is 1. The van der Waals surface area contributed by atoms with Crippen LogP contribution in [0.2, 0.25) is 0 Å². The van der Waals surface area contributed by atoms with Gasteiger partial charge >= 0.3 is 11.6 Å². The number of anilines is 2. The van der Waals surface area contributed by atoms with Crippen LogP contribution in [0.5, 0.6) is 11.5 Å². The molecule has 0 radical (unpaired) electrons. The fourth-order valence-corrected chi connectivity index (χ4v) is 4.05. The molecule has 1 saturated carbocycles. The molecule has 1 aliphatic rings. The first-order chi connectivity index (χ1) is 13.2. The molecule has 5 rings (SSSR count). The van der Waals surface area contributed by atoms with E-state index >= 15 is 0 Å². The summed E-state index contributed by atoms with van der Waals surface area (Å²) in [4.78, 5) is 18.7. The molecule has 0 atom stereocenters. The maximum Gasteiger partial charge on any atom is 0.349 e. The van der Waals surface area contributed by atoms with Crippen molar-refractivity contribution in [2.24, 2.45) is 0 Å². The van der Waals surface area contributed by atoms with E-state index in [1.54, 1.807) is 11.3 Å². The van der Waals surface area contributed by atoms with Gasteiger partial charge in [-0.15, -0.1) is 11.3 Å². The number of hydrogen-bond donors (Lipinski definition) is 1. The van der Waals surface area contributed by atoms with Gasteiger partial charge in [-0.2, -0.15) is 4.98 Å². The highest BCUT2D eigenvalue weighted by Gasteiger charge is 2.26. The van der Waals surface area contributed by atoms with Gasteiger partial charge in [0.2, 0.25) is 0 Å². The van der Waals surface area contributed by atoms with Crippen molar-refractivity contribution in [1.29, 1.82) is 0 Å². The van der Waals surface area contributed by atoms with Crippen molar-refractivity contribution < 1.29 is 9.15 Å². The van der Waals surface area contributed by atoms with Crippen LogP contribution in [0, 0.1) is 0 Å². The number of nitrogens with one attached hydrogen (secondary N) is 1. The summed E-state index contributed by atoms with van der Waals surface area (Å²) in [6.07, 6.45) is 2.39. The van der Waals surface area contributed by atoms with Gasteiger partial charge < -0.3 is 14.5 Å². The second-order valence-corrected chi connectivity index (χ2v) is 7.58. The summed E-state index contributed by atoms with van der Waals surface area (Å²) in [5.74, 6) is 2.10. The van der Waals surface area contributed by atoms with E-state index in [-0.39, 0.29) is 11.6 Å². The smallest absolute Gasteiger partial charge is 0.349 e. The summed E-state index contributed by atoms with van der Waals surface area (Å²) in [6.45, 7) is 0. The molecule has 1 aliphatic carbocycles. The van der Waals surface area contributed by atoms with Gasteiger partial charge in [0.05, 0.1) is 5.39 Å². The average Bonchev–Trinajstić information content (AvgIpc) is 3.44. The van der Waals surface area contributed by atoms with Crippen molar-refractivity contribution in [1.82, 2.24) is 4.98 Å². The minimum atomic E-state index is -0.352. The second-order valence-electron chi connectivity index (χ2n) is 6.51. The Morgan fingerprint density at radius 2 is 1.78 bits per heavy atom. The van der Waals surface area contributed by atoms with Crippen molar-refractivity contribution >= 4 is 33.3 Å². The standard InChI is InChI=1S/C21H16N2O3S/c24-20-17-12-18(13-6-7-13)27-19(17)23-21(26-20)22-14-8-10-16(11-9-14)25-15-4-2-1-3-5-15/h1-5,8-13H,6-7H2,(H,22,23). The summed E-state index contributed by atoms with van der Waals surface area (Å²) >= 11 is 1.58. The van der Waals surface area contributed by atoms with E-state index in [1.165, 1.54) is 17.7 Å². The van der Waals surface area contributed by atoms with Crippen LogP contribution in [-0.4, -0.2) is 4.98 Å². The number of benzene rings is 2. The van der Waals surface area contributed by atoms with Gasteiger partial charge in [-0.3, -0.25) is 0 Å². The van der Waals surface area contributed by atoms with Crippen LogP contribution in [0.1, 0.15) is 23.6 Å². The first-order valence-corrected chi connectivity index (χ1v) is 9.61. The summed E-state index contributed by atoms with van der Waals surface area (Å²) in [6, 6.07) is 19.1. The van der Waals surface area contributed by atoms with Crippen LogP contribution in [0.4, 0.5) is 11.7 Å². The third-order valence-corrected chi connectivity index (χ3v) is 5.60. The Labute approximate surface area is 159 Å². The number of fused-ring (bicyclic) bond motifs is 1. The lowest BCUT2D eigenvalue weighted by atomic mass is 10.3. The molecular weight excluding hydrogens is 360 g/mol. The normalized spacial score (nSPS) is 13.6. The molecule has 2 heterocycles. The molecule has 0 amide bonds. The van der Waals surface area contributed by atoms with Crippen LogP contribution in [0.15, 0.2) is 69.9 Å². The van der Waals surface area contributed by atoms with E-state index < -0.39 is 0 Å². The molecule has 0 bridgehead atoms. The highest BCUT2D eigenvalue weighted by atomic mass is 32.1. The van der Waals surface area contributed by atoms with E-state index in [4.69, 9.17) is 9.15 Å². The molecule has 6 heteroatoms. The SMILES string of the molecule is O=c1oc(Nc2ccc(Oc3ccccc3)cc2)nc2sc(C3CC3)cc12. The Kier molecular flexibility index (Phi) is 3.90. The molecule has 134 valence electrons. The fraction of sp³-hybridized carbons (Fsp3) is 0.143. The van der Waals surface area contributed by atoms with Gasteiger partial charge in [0.15, 0.2) is 0 Å². The van der Waals surface area contributed by atoms with Crippen molar-refractivity contribution in [2.45, 2.75) is 18.8 Å². The van der Waals surface area contributed by atoms with Crippen LogP contribution < -0.4 is 15.7 Å². The lowest BCUT2D eigenvalue weighted by molar-refractivity contribution is 0.482. The van der Waals surface area contributed by atoms with E-state index in [2.05, 4.69) is 10.3 Å². The number of thiophene rings is 1. The van der Waals surface area contributed by atoms with Crippen molar-refractivity contribution in [2.75, 3.05) is 5.32 Å². The zero-order valence-electron chi connectivity index (χ0n) is 14.3. The topological polar surface area (TPSA) is 64.4 Å². The third kappa shape index (κ3) is 3.44. The van der Waals surface area contributed by atoms with Gasteiger partial charge in [-0.05, 0) is 61.2 Å². The van der Waals surface area contributed by atoms with E-state index in [0.29, 0.717) is 11.3 Å². The van der Waals surface area contributed by atoms with Gasteiger partial charge in [0, 0.05) is 10.6 Å². The number of rotatable bonds is 5. The Morgan fingerprint density at radius 3 is 2.52 bits per heavy atom. The molecule has 5 nitrogen and oxygen atoms in total. The van der Waals surface area contributed by atoms with Gasteiger partial charge in [-0.1, -0.05) is 18.2 Å². The Morgan fingerprint density at radius 1 is 1.04 bits per heavy atom. The molecule has 0 spiro atoms. The minimum absolute atomic E-state index is 0.202. The Hall–Kier alpha value is -3.12. The zero-order chi connectivity index (χ0) is 18.2. The maximum absolute atomic E-state index is 12.2. The van der Waals surface area contributed by atoms with Crippen molar-refractivity contribution in [3.63, 3.8) is 0 Å². The zero-order valence-corrected chi connectivity index (χ0v) is 15.2. The molecule has 1 fully saturated rings. The second kappa shape index (κ2) is 6.55. The van der Waals surface area contributed by atoms with E-state index in [1.807, 2.05) is 60.7 Å². The Bertz CT molecular complexity index is 1150. The number of para-hydroxylation sites is 1. The number of nitrogens with zero attached hydrogens (tertiary/aromatic N) is 1. The monoisotopic (exact) mass is 376 g/mol. The molecule has 2 aromatic carbocycles. The molecule has 0 saturated heterocycles. The first-order valence-electron chi connectivity index (χ1n) is 8.79. The molecule has 0 aliphatic heterocycles. The molecule has 4 aromatic rings. The summed E-state index contributed by atoms with van der Waals surface area (Å²) < 4.78 is 11.1. The first kappa shape index (κ1) is 16.1. The molecule has 0 unspecified atom stereocenters. The molecule has 2 aromatic heterocycles. The third-order valence-electron chi connectivity index (χ3n) is 4.41. The van der Waals surface area contributed by atoms with Gasteiger partial charge in [0.1, 0.15) is 16.3 Å². The van der Waals surface area contributed by atoms with Gasteiger partial charge in [0.25, 0.3) is 0 Å². The summed E-state index contributed by atoms with van der Waals surface area (Å²) in [5, 5.41) is 3.62. The maximum atomic E-state index is 12.2. The highest BCUT2D eigenvalue weighted by Crippen LogP contribution is 2.44. The summed E-state index contributed by atoms with van der Waals surface area (Å²) in [5.41, 5.74) is 0.416. The highest BCUT2D eigenvalue weighted by molar-refractivity contribution is 7.18. The van der Waals surface area contributed by atoms with E-state index in [9.17, 15) is 4.79 Å². The Balaban J connectivity index is 1.36. The summed E-state index contributed by atoms with van der Waals surface area (Å²) in [7, 11) is 0. The number of hydrogen-bond acceptors (Lipinski definition) is 6. The fourth-order valence-electron chi connectivity index (χ4n) is 2.86. The molecular formula is C21H16N2O3S. The molecule has 1 N–H and O–H groups in total. The lowest BCUT2D eigenvalue weighted by Gasteiger charge is -2.07.